The van der Waals surface area contributed by atoms with Gasteiger partial charge in [0.25, 0.3) is 0 Å². The SMILES string of the molecule is CC(C)CC(=O)N1Cc2ccccc2CC1C(=O)N(C)CC(=O)Nc1ccccc1Cl. The molecule has 1 unspecified atom stereocenters. The van der Waals surface area contributed by atoms with Crippen molar-refractivity contribution in [2.75, 3.05) is 18.9 Å². The van der Waals surface area contributed by atoms with Crippen molar-refractivity contribution in [1.29, 1.82) is 0 Å². The maximum Gasteiger partial charge on any atom is 0.245 e. The molecule has 2 aromatic carbocycles. The molecule has 1 heterocycles. The maximum absolute atomic E-state index is 13.3. The molecule has 0 aliphatic carbocycles. The summed E-state index contributed by atoms with van der Waals surface area (Å²) >= 11 is 6.09. The minimum absolute atomic E-state index is 0.0447. The van der Waals surface area contributed by atoms with Crippen LogP contribution < -0.4 is 5.32 Å². The fourth-order valence-corrected chi connectivity index (χ4v) is 3.96. The molecule has 1 atom stereocenters. The zero-order valence-electron chi connectivity index (χ0n) is 18.1. The fourth-order valence-electron chi connectivity index (χ4n) is 3.77. The van der Waals surface area contributed by atoms with E-state index in [-0.39, 0.29) is 30.2 Å². The van der Waals surface area contributed by atoms with Crippen LogP contribution in [0.15, 0.2) is 48.5 Å². The van der Waals surface area contributed by atoms with Gasteiger partial charge in [-0.1, -0.05) is 61.8 Å². The third-order valence-corrected chi connectivity index (χ3v) is 5.67. The average Bonchev–Trinajstić information content (AvgIpc) is 2.73. The van der Waals surface area contributed by atoms with Crippen molar-refractivity contribution < 1.29 is 14.4 Å². The molecule has 7 heteroatoms. The highest BCUT2D eigenvalue weighted by Crippen LogP contribution is 2.26. The molecule has 31 heavy (non-hydrogen) atoms. The topological polar surface area (TPSA) is 69.7 Å². The molecule has 1 N–H and O–H groups in total. The van der Waals surface area contributed by atoms with Crippen molar-refractivity contribution in [3.63, 3.8) is 0 Å². The van der Waals surface area contributed by atoms with Gasteiger partial charge in [-0.2, -0.15) is 0 Å². The first kappa shape index (κ1) is 22.8. The lowest BCUT2D eigenvalue weighted by Gasteiger charge is -2.38. The van der Waals surface area contributed by atoms with Crippen LogP contribution in [-0.2, 0) is 27.3 Å². The molecule has 3 amide bonds. The third kappa shape index (κ3) is 5.64. The van der Waals surface area contributed by atoms with Gasteiger partial charge in [-0.25, -0.2) is 0 Å². The summed E-state index contributed by atoms with van der Waals surface area (Å²) in [6.07, 6.45) is 0.817. The van der Waals surface area contributed by atoms with Crippen molar-refractivity contribution in [3.8, 4) is 0 Å². The van der Waals surface area contributed by atoms with Gasteiger partial charge in [-0.05, 0) is 29.2 Å². The van der Waals surface area contributed by atoms with Gasteiger partial charge in [0, 0.05) is 26.4 Å². The molecule has 0 spiro atoms. The lowest BCUT2D eigenvalue weighted by molar-refractivity contribution is -0.147. The Balaban J connectivity index is 1.74. The number of halogens is 1. The second kappa shape index (κ2) is 9.96. The van der Waals surface area contributed by atoms with E-state index >= 15 is 0 Å². The normalized spacial score (nSPS) is 15.4. The molecule has 0 radical (unpaired) electrons. The smallest absolute Gasteiger partial charge is 0.245 e. The van der Waals surface area contributed by atoms with Crippen LogP contribution in [0.4, 0.5) is 5.69 Å². The summed E-state index contributed by atoms with van der Waals surface area (Å²) in [7, 11) is 1.58. The maximum atomic E-state index is 13.3. The Bertz CT molecular complexity index is 976. The average molecular weight is 442 g/mol. The summed E-state index contributed by atoms with van der Waals surface area (Å²) in [6.45, 7) is 4.24. The molecule has 1 aliphatic rings. The van der Waals surface area contributed by atoms with Crippen LogP contribution in [0, 0.1) is 5.92 Å². The fraction of sp³-hybridized carbons (Fsp3) is 0.375. The molecule has 0 bridgehead atoms. The standard InChI is InChI=1S/C24H28ClN3O3/c1-16(2)12-23(30)28-14-18-9-5-4-8-17(18)13-21(28)24(31)27(3)15-22(29)26-20-11-7-6-10-19(20)25/h4-11,16,21H,12-15H2,1-3H3,(H,26,29). The van der Waals surface area contributed by atoms with Crippen LogP contribution in [-0.4, -0.2) is 47.2 Å². The Morgan fingerprint density at radius 3 is 2.42 bits per heavy atom. The largest absolute Gasteiger partial charge is 0.335 e. The lowest BCUT2D eigenvalue weighted by atomic mass is 9.92. The van der Waals surface area contributed by atoms with Crippen molar-refractivity contribution in [3.05, 3.63) is 64.7 Å². The van der Waals surface area contributed by atoms with Gasteiger partial charge in [0.1, 0.15) is 6.04 Å². The van der Waals surface area contributed by atoms with Crippen LogP contribution in [0.2, 0.25) is 5.02 Å². The Hall–Kier alpha value is -2.86. The van der Waals surface area contributed by atoms with Gasteiger partial charge in [-0.3, -0.25) is 14.4 Å². The van der Waals surface area contributed by atoms with Gasteiger partial charge < -0.3 is 15.1 Å². The highest BCUT2D eigenvalue weighted by atomic mass is 35.5. The zero-order valence-corrected chi connectivity index (χ0v) is 18.9. The van der Waals surface area contributed by atoms with Gasteiger partial charge in [-0.15, -0.1) is 0 Å². The number of amides is 3. The number of rotatable bonds is 6. The second-order valence-corrected chi connectivity index (χ2v) is 8.74. The number of nitrogens with one attached hydrogen (secondary N) is 1. The summed E-state index contributed by atoms with van der Waals surface area (Å²) in [5.41, 5.74) is 2.61. The second-order valence-electron chi connectivity index (χ2n) is 8.33. The number of carbonyl (C=O) groups is 3. The minimum Gasteiger partial charge on any atom is -0.335 e. The molecule has 3 rings (SSSR count). The molecule has 0 saturated carbocycles. The number of hydrogen-bond donors (Lipinski definition) is 1. The van der Waals surface area contributed by atoms with Crippen LogP contribution in [0.1, 0.15) is 31.4 Å². The van der Waals surface area contributed by atoms with Crippen LogP contribution in [0.5, 0.6) is 0 Å². The first-order chi connectivity index (χ1) is 14.8. The number of benzene rings is 2. The molecule has 0 fully saturated rings. The molecule has 6 nitrogen and oxygen atoms in total. The summed E-state index contributed by atoms with van der Waals surface area (Å²) in [6, 6.07) is 14.2. The van der Waals surface area contributed by atoms with E-state index in [1.165, 1.54) is 4.90 Å². The van der Waals surface area contributed by atoms with E-state index in [9.17, 15) is 14.4 Å². The van der Waals surface area contributed by atoms with Gasteiger partial charge in [0.05, 0.1) is 17.3 Å². The minimum atomic E-state index is -0.626. The summed E-state index contributed by atoms with van der Waals surface area (Å²) < 4.78 is 0. The number of likely N-dealkylation sites (N-methyl/N-ethyl adjacent to an activating group) is 1. The van der Waals surface area contributed by atoms with Gasteiger partial charge in [0.2, 0.25) is 17.7 Å². The van der Waals surface area contributed by atoms with E-state index in [0.717, 1.165) is 11.1 Å². The predicted octanol–water partition coefficient (Wildman–Crippen LogP) is 3.74. The molecule has 164 valence electrons. The molecular weight excluding hydrogens is 414 g/mol. The predicted molar refractivity (Wildman–Crippen MR) is 122 cm³/mol. The summed E-state index contributed by atoms with van der Waals surface area (Å²) in [5, 5.41) is 3.16. The third-order valence-electron chi connectivity index (χ3n) is 5.34. The van der Waals surface area contributed by atoms with E-state index in [0.29, 0.717) is 30.1 Å². The van der Waals surface area contributed by atoms with E-state index in [1.54, 1.807) is 36.2 Å². The zero-order chi connectivity index (χ0) is 22.5. The number of para-hydroxylation sites is 1. The molecule has 1 aliphatic heterocycles. The molecule has 0 saturated heterocycles. The monoisotopic (exact) mass is 441 g/mol. The van der Waals surface area contributed by atoms with Crippen molar-refractivity contribution >= 4 is 35.0 Å². The number of hydrogen-bond acceptors (Lipinski definition) is 3. The number of anilines is 1. The Kier molecular flexibility index (Phi) is 7.33. The van der Waals surface area contributed by atoms with Gasteiger partial charge >= 0.3 is 0 Å². The van der Waals surface area contributed by atoms with E-state index in [1.807, 2.05) is 38.1 Å². The van der Waals surface area contributed by atoms with Crippen molar-refractivity contribution in [2.24, 2.45) is 5.92 Å². The first-order valence-electron chi connectivity index (χ1n) is 10.4. The first-order valence-corrected chi connectivity index (χ1v) is 10.8. The van der Waals surface area contributed by atoms with Crippen molar-refractivity contribution in [2.45, 2.75) is 39.3 Å². The van der Waals surface area contributed by atoms with E-state index in [2.05, 4.69) is 5.32 Å². The highest BCUT2D eigenvalue weighted by Gasteiger charge is 2.36. The number of carbonyl (C=O) groups excluding carboxylic acids is 3. The molecular formula is C24H28ClN3O3. The van der Waals surface area contributed by atoms with E-state index in [4.69, 9.17) is 11.6 Å². The van der Waals surface area contributed by atoms with Crippen LogP contribution in [0.25, 0.3) is 0 Å². The summed E-state index contributed by atoms with van der Waals surface area (Å²) in [4.78, 5) is 41.7. The lowest BCUT2D eigenvalue weighted by Crippen LogP contribution is -2.54. The van der Waals surface area contributed by atoms with Crippen LogP contribution >= 0.6 is 11.6 Å². The van der Waals surface area contributed by atoms with E-state index < -0.39 is 6.04 Å². The molecule has 0 aromatic heterocycles. The number of fused-ring (bicyclic) bond motifs is 1. The van der Waals surface area contributed by atoms with Crippen molar-refractivity contribution in [1.82, 2.24) is 9.80 Å². The Labute approximate surface area is 188 Å². The molecule has 2 aromatic rings. The Morgan fingerprint density at radius 2 is 1.74 bits per heavy atom. The quantitative estimate of drug-likeness (QED) is 0.742. The highest BCUT2D eigenvalue weighted by molar-refractivity contribution is 6.33. The summed E-state index contributed by atoms with van der Waals surface area (Å²) in [5.74, 6) is -0.447. The van der Waals surface area contributed by atoms with Crippen LogP contribution in [0.3, 0.4) is 0 Å². The number of nitrogens with zero attached hydrogens (tertiary/aromatic N) is 2. The Morgan fingerprint density at radius 1 is 1.10 bits per heavy atom. The van der Waals surface area contributed by atoms with Gasteiger partial charge in [0.15, 0.2) is 0 Å².